The Hall–Kier alpha value is -3.10. The molecule has 2 unspecified atom stereocenters. The molecule has 0 bridgehead atoms. The molecule has 1 aromatic heterocycles. The Bertz CT molecular complexity index is 1580. The number of hydrogen-bond donors (Lipinski definition) is 3. The predicted octanol–water partition coefficient (Wildman–Crippen LogP) is 1.70. The van der Waals surface area contributed by atoms with Crippen molar-refractivity contribution in [1.29, 1.82) is 0 Å². The highest BCUT2D eigenvalue weighted by molar-refractivity contribution is 7.89. The van der Waals surface area contributed by atoms with Crippen LogP contribution >= 0.6 is 22.9 Å². The van der Waals surface area contributed by atoms with Crippen LogP contribution in [0.2, 0.25) is 5.02 Å². The fraction of sp³-hybridized carbons (Fsp3) is 0.360. The van der Waals surface area contributed by atoms with Crippen LogP contribution in [0, 0.1) is 0 Å². The topological polar surface area (TPSA) is 149 Å². The van der Waals surface area contributed by atoms with Crippen LogP contribution in [-0.4, -0.2) is 83.8 Å². The molecule has 1 fully saturated rings. The van der Waals surface area contributed by atoms with E-state index in [0.29, 0.717) is 23.4 Å². The minimum atomic E-state index is -4.04. The van der Waals surface area contributed by atoms with Crippen molar-refractivity contribution in [3.05, 3.63) is 57.0 Å². The second kappa shape index (κ2) is 10.8. The molecule has 2 aliphatic rings. The fourth-order valence-corrected chi connectivity index (χ4v) is 7.40. The zero-order chi connectivity index (χ0) is 27.9. The normalized spacial score (nSPS) is 20.0. The van der Waals surface area contributed by atoms with Gasteiger partial charge in [0.05, 0.1) is 10.6 Å². The molecule has 206 valence electrons. The number of rotatable bonds is 6. The summed E-state index contributed by atoms with van der Waals surface area (Å²) >= 11 is 7.28. The summed E-state index contributed by atoms with van der Waals surface area (Å²) in [5.74, 6) is -2.50. The number of halogens is 1. The van der Waals surface area contributed by atoms with E-state index in [-0.39, 0.29) is 35.6 Å². The van der Waals surface area contributed by atoms with E-state index in [1.54, 1.807) is 24.3 Å². The van der Waals surface area contributed by atoms with Gasteiger partial charge in [-0.05, 0) is 42.0 Å². The van der Waals surface area contributed by atoms with Crippen LogP contribution in [0.5, 0.6) is 0 Å². The zero-order valence-electron chi connectivity index (χ0n) is 20.9. The van der Waals surface area contributed by atoms with E-state index in [4.69, 9.17) is 16.7 Å². The number of thiazole rings is 1. The van der Waals surface area contributed by atoms with Gasteiger partial charge in [-0.2, -0.15) is 4.31 Å². The minimum Gasteiger partial charge on any atom is -0.480 e. The fourth-order valence-electron chi connectivity index (χ4n) is 4.75. The summed E-state index contributed by atoms with van der Waals surface area (Å²) in [6.07, 6.45) is 0.672. The molecule has 39 heavy (non-hydrogen) atoms. The second-order valence-electron chi connectivity index (χ2n) is 9.52. The van der Waals surface area contributed by atoms with E-state index in [9.17, 15) is 22.8 Å². The molecule has 14 heteroatoms. The molecule has 0 saturated carbocycles. The standard InChI is InChI=1S/C25H26ClN5O6S2/c1-14-8-19-21(11-27-14)38-24(29-19)25(35)31-7-6-30(13-20(31)23(34)28-12-22(32)33)39(36,37)18-5-3-15-9-17(26)4-2-16(15)10-18/h2-5,9-10,14,20,27H,6-8,11-13H2,1H3,(H,28,34)(H,32,33). The molecule has 2 atom stereocenters. The predicted molar refractivity (Wildman–Crippen MR) is 145 cm³/mol. The maximum Gasteiger partial charge on any atom is 0.322 e. The first-order valence-electron chi connectivity index (χ1n) is 12.2. The first kappa shape index (κ1) is 27.5. The summed E-state index contributed by atoms with van der Waals surface area (Å²) in [6.45, 7) is 1.52. The molecule has 2 aliphatic heterocycles. The van der Waals surface area contributed by atoms with Crippen LogP contribution in [-0.2, 0) is 32.6 Å². The maximum absolute atomic E-state index is 13.6. The van der Waals surface area contributed by atoms with E-state index in [2.05, 4.69) is 15.6 Å². The van der Waals surface area contributed by atoms with Gasteiger partial charge in [0.25, 0.3) is 5.91 Å². The molecule has 5 rings (SSSR count). The average Bonchev–Trinajstić information content (AvgIpc) is 3.33. The third-order valence-corrected chi connectivity index (χ3v) is 9.99. The van der Waals surface area contributed by atoms with Crippen molar-refractivity contribution in [2.45, 2.75) is 36.9 Å². The van der Waals surface area contributed by atoms with Crippen molar-refractivity contribution in [3.63, 3.8) is 0 Å². The largest absolute Gasteiger partial charge is 0.480 e. The van der Waals surface area contributed by atoms with Crippen LogP contribution < -0.4 is 10.6 Å². The first-order valence-corrected chi connectivity index (χ1v) is 14.9. The SMILES string of the molecule is CC1Cc2nc(C(=O)N3CCN(S(=O)(=O)c4ccc5cc(Cl)ccc5c4)CC3C(=O)NCC(=O)O)sc2CN1. The molecule has 0 radical (unpaired) electrons. The highest BCUT2D eigenvalue weighted by Gasteiger charge is 2.41. The first-order chi connectivity index (χ1) is 18.5. The van der Waals surface area contributed by atoms with E-state index in [0.717, 1.165) is 20.3 Å². The molecule has 3 aromatic rings. The van der Waals surface area contributed by atoms with E-state index < -0.39 is 40.4 Å². The van der Waals surface area contributed by atoms with Gasteiger partial charge in [-0.25, -0.2) is 13.4 Å². The second-order valence-corrected chi connectivity index (χ2v) is 13.0. The summed E-state index contributed by atoms with van der Waals surface area (Å²) in [7, 11) is -4.04. The molecule has 2 amide bonds. The monoisotopic (exact) mass is 591 g/mol. The number of carbonyl (C=O) groups is 3. The molecule has 0 spiro atoms. The van der Waals surface area contributed by atoms with Crippen molar-refractivity contribution in [2.75, 3.05) is 26.2 Å². The number of aromatic nitrogens is 1. The van der Waals surface area contributed by atoms with Gasteiger partial charge in [0.2, 0.25) is 15.9 Å². The lowest BCUT2D eigenvalue weighted by atomic mass is 10.1. The molecule has 3 N–H and O–H groups in total. The number of benzene rings is 2. The number of carbonyl (C=O) groups excluding carboxylic acids is 2. The van der Waals surface area contributed by atoms with Crippen LogP contribution in [0.25, 0.3) is 10.8 Å². The van der Waals surface area contributed by atoms with Gasteiger partial charge in [0.1, 0.15) is 12.6 Å². The van der Waals surface area contributed by atoms with Crippen molar-refractivity contribution in [3.8, 4) is 0 Å². The Balaban J connectivity index is 1.42. The molecule has 2 aromatic carbocycles. The third kappa shape index (κ3) is 5.63. The smallest absolute Gasteiger partial charge is 0.322 e. The number of sulfonamides is 1. The lowest BCUT2D eigenvalue weighted by molar-refractivity contribution is -0.138. The zero-order valence-corrected chi connectivity index (χ0v) is 23.3. The summed E-state index contributed by atoms with van der Waals surface area (Å²) in [5.41, 5.74) is 0.834. The number of piperazine rings is 1. The lowest BCUT2D eigenvalue weighted by Gasteiger charge is -2.39. The summed E-state index contributed by atoms with van der Waals surface area (Å²) in [4.78, 5) is 44.5. The van der Waals surface area contributed by atoms with Crippen molar-refractivity contribution in [1.82, 2.24) is 24.8 Å². The molecular formula is C25H26ClN5O6S2. The Kier molecular flexibility index (Phi) is 7.62. The van der Waals surface area contributed by atoms with Crippen LogP contribution in [0.1, 0.15) is 27.3 Å². The van der Waals surface area contributed by atoms with Crippen molar-refractivity contribution in [2.24, 2.45) is 0 Å². The van der Waals surface area contributed by atoms with E-state index in [1.807, 2.05) is 6.92 Å². The highest BCUT2D eigenvalue weighted by Crippen LogP contribution is 2.28. The van der Waals surface area contributed by atoms with Crippen LogP contribution in [0.3, 0.4) is 0 Å². The van der Waals surface area contributed by atoms with Gasteiger partial charge in [-0.3, -0.25) is 14.4 Å². The van der Waals surface area contributed by atoms with Crippen LogP contribution in [0.4, 0.5) is 0 Å². The van der Waals surface area contributed by atoms with Crippen LogP contribution in [0.15, 0.2) is 41.3 Å². The minimum absolute atomic E-state index is 0.0380. The number of carboxylic acids is 1. The quantitative estimate of drug-likeness (QED) is 0.392. The molecule has 3 heterocycles. The molecular weight excluding hydrogens is 566 g/mol. The molecule has 0 aliphatic carbocycles. The van der Waals surface area contributed by atoms with Gasteiger partial charge in [0.15, 0.2) is 5.01 Å². The van der Waals surface area contributed by atoms with Crippen molar-refractivity contribution < 1.29 is 27.9 Å². The summed E-state index contributed by atoms with van der Waals surface area (Å²) < 4.78 is 28.3. The van der Waals surface area contributed by atoms with Gasteiger partial charge in [-0.1, -0.05) is 23.7 Å². The maximum atomic E-state index is 13.6. The number of nitrogens with one attached hydrogen (secondary N) is 2. The number of aliphatic carboxylic acids is 1. The highest BCUT2D eigenvalue weighted by atomic mass is 35.5. The van der Waals surface area contributed by atoms with E-state index >= 15 is 0 Å². The number of nitrogens with zero attached hydrogens (tertiary/aromatic N) is 3. The Labute approximate surface area is 233 Å². The van der Waals surface area contributed by atoms with Gasteiger partial charge in [-0.15, -0.1) is 11.3 Å². The van der Waals surface area contributed by atoms with Gasteiger partial charge >= 0.3 is 5.97 Å². The number of amides is 2. The van der Waals surface area contributed by atoms with Gasteiger partial charge in [0, 0.05) is 48.5 Å². The average molecular weight is 592 g/mol. The van der Waals surface area contributed by atoms with Gasteiger partial charge < -0.3 is 20.6 Å². The van der Waals surface area contributed by atoms with E-state index in [1.165, 1.54) is 28.4 Å². The Morgan fingerprint density at radius 3 is 2.69 bits per heavy atom. The lowest BCUT2D eigenvalue weighted by Crippen LogP contribution is -2.61. The Morgan fingerprint density at radius 2 is 1.92 bits per heavy atom. The summed E-state index contributed by atoms with van der Waals surface area (Å²) in [6, 6.07) is 8.77. The third-order valence-electron chi connectivity index (χ3n) is 6.80. The summed E-state index contributed by atoms with van der Waals surface area (Å²) in [5, 5.41) is 16.9. The number of carboxylic acid groups (broad SMARTS) is 1. The number of hydrogen-bond acceptors (Lipinski definition) is 8. The Morgan fingerprint density at radius 1 is 1.18 bits per heavy atom. The molecule has 1 saturated heterocycles. The molecule has 11 nitrogen and oxygen atoms in total. The number of fused-ring (bicyclic) bond motifs is 2. The van der Waals surface area contributed by atoms with Crippen molar-refractivity contribution >= 4 is 61.5 Å².